The third-order valence-electron chi connectivity index (χ3n) is 6.18. The van der Waals surface area contributed by atoms with E-state index in [0.29, 0.717) is 6.54 Å². The maximum atomic E-state index is 13.4. The van der Waals surface area contributed by atoms with E-state index >= 15 is 0 Å². The zero-order valence-corrected chi connectivity index (χ0v) is 21.9. The maximum absolute atomic E-state index is 13.4. The van der Waals surface area contributed by atoms with E-state index in [-0.39, 0.29) is 35.8 Å². The van der Waals surface area contributed by atoms with Crippen molar-refractivity contribution >= 4 is 29.9 Å². The molecule has 2 fully saturated rings. The Labute approximate surface area is 209 Å². The van der Waals surface area contributed by atoms with Crippen molar-refractivity contribution < 1.29 is 9.13 Å². The summed E-state index contributed by atoms with van der Waals surface area (Å²) in [6.45, 7) is 10.6. The van der Waals surface area contributed by atoms with Crippen molar-refractivity contribution in [3.8, 4) is 0 Å². The van der Waals surface area contributed by atoms with Gasteiger partial charge in [-0.05, 0) is 57.2 Å². The van der Waals surface area contributed by atoms with Gasteiger partial charge in [-0.25, -0.2) is 4.39 Å². The number of rotatable bonds is 8. The lowest BCUT2D eigenvalue weighted by atomic mass is 10.0. The van der Waals surface area contributed by atoms with Crippen LogP contribution < -0.4 is 10.6 Å². The van der Waals surface area contributed by atoms with Crippen molar-refractivity contribution in [3.63, 3.8) is 0 Å². The molecule has 2 heterocycles. The minimum Gasteiger partial charge on any atom is -0.379 e. The van der Waals surface area contributed by atoms with Crippen LogP contribution in [0.1, 0.15) is 24.4 Å². The van der Waals surface area contributed by atoms with Crippen molar-refractivity contribution in [3.05, 3.63) is 35.6 Å². The largest absolute Gasteiger partial charge is 0.379 e. The highest BCUT2D eigenvalue weighted by molar-refractivity contribution is 14.0. The van der Waals surface area contributed by atoms with Crippen molar-refractivity contribution in [2.45, 2.75) is 18.9 Å². The first-order chi connectivity index (χ1) is 15.2. The van der Waals surface area contributed by atoms with E-state index in [1.807, 2.05) is 19.2 Å². The molecule has 3 rings (SSSR count). The van der Waals surface area contributed by atoms with Gasteiger partial charge >= 0.3 is 0 Å². The quantitative estimate of drug-likeness (QED) is 0.219. The summed E-state index contributed by atoms with van der Waals surface area (Å²) < 4.78 is 18.9. The minimum atomic E-state index is -0.203. The van der Waals surface area contributed by atoms with Crippen LogP contribution in [0.5, 0.6) is 0 Å². The van der Waals surface area contributed by atoms with Crippen LogP contribution in [-0.2, 0) is 4.74 Å². The fourth-order valence-corrected chi connectivity index (χ4v) is 4.28. The number of likely N-dealkylation sites (N-methyl/N-ethyl adjacent to an activating group) is 1. The predicted molar refractivity (Wildman–Crippen MR) is 139 cm³/mol. The van der Waals surface area contributed by atoms with Crippen LogP contribution in [0.15, 0.2) is 29.3 Å². The first-order valence-electron chi connectivity index (χ1n) is 11.6. The van der Waals surface area contributed by atoms with Crippen LogP contribution in [0.4, 0.5) is 4.39 Å². The van der Waals surface area contributed by atoms with E-state index in [4.69, 9.17) is 4.74 Å². The van der Waals surface area contributed by atoms with Gasteiger partial charge in [0, 0.05) is 46.3 Å². The molecule has 0 aromatic heterocycles. The minimum absolute atomic E-state index is 0. The molecule has 2 N–H and O–H groups in total. The molecule has 2 aliphatic heterocycles. The number of hydrogen-bond donors (Lipinski definition) is 2. The Kier molecular flexibility index (Phi) is 12.8. The van der Waals surface area contributed by atoms with Gasteiger partial charge in [0.2, 0.25) is 0 Å². The van der Waals surface area contributed by atoms with Crippen LogP contribution in [0.25, 0.3) is 0 Å². The standard InChI is InChI=1S/C23H39FN6O.HI/c1-25-23(26-9-3-11-29-12-4-10-28(2)13-14-29)27-19-22(30-15-17-31-18-16-30)20-5-7-21(24)8-6-20;/h5-8,22H,3-4,9-19H2,1-2H3,(H2,25,26,27);1H. The third kappa shape index (κ3) is 9.09. The molecule has 0 saturated carbocycles. The molecule has 7 nitrogen and oxygen atoms in total. The lowest BCUT2D eigenvalue weighted by molar-refractivity contribution is 0.0170. The summed E-state index contributed by atoms with van der Waals surface area (Å²) in [7, 11) is 4.01. The fourth-order valence-electron chi connectivity index (χ4n) is 4.28. The molecule has 182 valence electrons. The van der Waals surface area contributed by atoms with E-state index in [0.717, 1.165) is 70.4 Å². The second kappa shape index (κ2) is 15.0. The van der Waals surface area contributed by atoms with Crippen LogP contribution >= 0.6 is 24.0 Å². The van der Waals surface area contributed by atoms with Crippen molar-refractivity contribution in [2.75, 3.05) is 86.2 Å². The molecular formula is C23H40FIN6O. The van der Waals surface area contributed by atoms with Gasteiger partial charge in [-0.3, -0.25) is 9.89 Å². The van der Waals surface area contributed by atoms with Gasteiger partial charge in [0.15, 0.2) is 5.96 Å². The Morgan fingerprint density at radius 1 is 1.06 bits per heavy atom. The second-order valence-corrected chi connectivity index (χ2v) is 8.45. The van der Waals surface area contributed by atoms with Crippen LogP contribution in [-0.4, -0.2) is 107 Å². The van der Waals surface area contributed by atoms with Crippen molar-refractivity contribution in [1.29, 1.82) is 0 Å². The van der Waals surface area contributed by atoms with Crippen LogP contribution in [0.2, 0.25) is 0 Å². The number of ether oxygens (including phenoxy) is 1. The average molecular weight is 563 g/mol. The summed E-state index contributed by atoms with van der Waals surface area (Å²) >= 11 is 0. The van der Waals surface area contributed by atoms with E-state index in [2.05, 4.69) is 37.4 Å². The lowest BCUT2D eigenvalue weighted by Crippen LogP contribution is -2.46. The molecule has 0 amide bonds. The third-order valence-corrected chi connectivity index (χ3v) is 6.18. The first kappa shape index (κ1) is 27.2. The Balaban J connectivity index is 0.00000363. The lowest BCUT2D eigenvalue weighted by Gasteiger charge is -2.35. The van der Waals surface area contributed by atoms with Crippen molar-refractivity contribution in [2.24, 2.45) is 4.99 Å². The Morgan fingerprint density at radius 2 is 1.81 bits per heavy atom. The highest BCUT2D eigenvalue weighted by atomic mass is 127. The van der Waals surface area contributed by atoms with Gasteiger partial charge in [0.1, 0.15) is 5.82 Å². The Morgan fingerprint density at radius 3 is 2.53 bits per heavy atom. The molecule has 0 spiro atoms. The van der Waals surface area contributed by atoms with Gasteiger partial charge in [-0.1, -0.05) is 12.1 Å². The number of hydrogen-bond acceptors (Lipinski definition) is 5. The summed E-state index contributed by atoms with van der Waals surface area (Å²) in [6, 6.07) is 6.99. The van der Waals surface area contributed by atoms with Gasteiger partial charge in [-0.2, -0.15) is 0 Å². The number of benzene rings is 1. The molecule has 1 unspecified atom stereocenters. The Bertz CT molecular complexity index is 671. The maximum Gasteiger partial charge on any atom is 0.191 e. The molecule has 1 atom stereocenters. The second-order valence-electron chi connectivity index (χ2n) is 8.45. The highest BCUT2D eigenvalue weighted by Gasteiger charge is 2.23. The summed E-state index contributed by atoms with van der Waals surface area (Å²) in [5.41, 5.74) is 1.11. The predicted octanol–water partition coefficient (Wildman–Crippen LogP) is 2.01. The van der Waals surface area contributed by atoms with Crippen LogP contribution in [0, 0.1) is 5.82 Å². The topological polar surface area (TPSA) is 55.4 Å². The van der Waals surface area contributed by atoms with Gasteiger partial charge in [0.05, 0.1) is 19.3 Å². The van der Waals surface area contributed by atoms with Gasteiger partial charge in [-0.15, -0.1) is 24.0 Å². The SMILES string of the molecule is CN=C(NCCCN1CCCN(C)CC1)NCC(c1ccc(F)cc1)N1CCOCC1.I. The van der Waals surface area contributed by atoms with Gasteiger partial charge in [0.25, 0.3) is 0 Å². The molecule has 2 saturated heterocycles. The number of morpholine rings is 1. The number of nitrogens with zero attached hydrogens (tertiary/aromatic N) is 4. The highest BCUT2D eigenvalue weighted by Crippen LogP contribution is 2.21. The summed E-state index contributed by atoms with van der Waals surface area (Å²) in [5.74, 6) is 0.613. The molecule has 1 aromatic carbocycles. The molecule has 9 heteroatoms. The molecule has 0 bridgehead atoms. The molecular weight excluding hydrogens is 522 g/mol. The number of nitrogens with one attached hydrogen (secondary N) is 2. The number of guanidine groups is 1. The summed E-state index contributed by atoms with van der Waals surface area (Å²) in [4.78, 5) is 11.8. The zero-order valence-electron chi connectivity index (χ0n) is 19.6. The fraction of sp³-hybridized carbons (Fsp3) is 0.696. The van der Waals surface area contributed by atoms with E-state index < -0.39 is 0 Å². The number of halogens is 2. The Hall–Kier alpha value is -1.01. The molecule has 2 aliphatic rings. The molecule has 0 radical (unpaired) electrons. The molecule has 32 heavy (non-hydrogen) atoms. The monoisotopic (exact) mass is 562 g/mol. The van der Waals surface area contributed by atoms with Crippen LogP contribution in [0.3, 0.4) is 0 Å². The smallest absolute Gasteiger partial charge is 0.191 e. The van der Waals surface area contributed by atoms with E-state index in [1.54, 1.807) is 0 Å². The number of aliphatic imine (C=N–C) groups is 1. The summed E-state index contributed by atoms with van der Waals surface area (Å²) in [6.07, 6.45) is 2.34. The van der Waals surface area contributed by atoms with Gasteiger partial charge < -0.3 is 25.2 Å². The molecule has 1 aromatic rings. The average Bonchev–Trinajstić information content (AvgIpc) is 3.01. The normalized spacial score (nSPS) is 20.3. The molecule has 0 aliphatic carbocycles. The first-order valence-corrected chi connectivity index (χ1v) is 11.6. The summed E-state index contributed by atoms with van der Waals surface area (Å²) in [5, 5.41) is 6.93. The van der Waals surface area contributed by atoms with E-state index in [9.17, 15) is 4.39 Å². The van der Waals surface area contributed by atoms with E-state index in [1.165, 1.54) is 31.6 Å². The zero-order chi connectivity index (χ0) is 21.9. The van der Waals surface area contributed by atoms with Crippen molar-refractivity contribution in [1.82, 2.24) is 25.3 Å².